The normalized spacial score (nSPS) is 19.6. The molecule has 0 saturated heterocycles. The van der Waals surface area contributed by atoms with E-state index in [1.807, 2.05) is 44.2 Å². The van der Waals surface area contributed by atoms with Crippen LogP contribution in [-0.2, 0) is 20.8 Å². The second-order valence-electron chi connectivity index (χ2n) is 10.6. The number of hydrogen-bond donors (Lipinski definition) is 5. The maximum atomic E-state index is 13.6. The minimum Gasteiger partial charge on any atom is -0.481 e. The Hall–Kier alpha value is -5.01. The average Bonchev–Trinajstić information content (AvgIpc) is 3.63. The van der Waals surface area contributed by atoms with Crippen LogP contribution >= 0.6 is 0 Å². The molecule has 0 unspecified atom stereocenters. The zero-order valence-electron chi connectivity index (χ0n) is 25.1. The van der Waals surface area contributed by atoms with E-state index in [0.717, 1.165) is 18.9 Å². The van der Waals surface area contributed by atoms with Crippen molar-refractivity contribution in [3.05, 3.63) is 71.6 Å². The number of aryl methyl sites for hydroxylation is 1. The van der Waals surface area contributed by atoms with Gasteiger partial charge in [0.15, 0.2) is 12.1 Å². The summed E-state index contributed by atoms with van der Waals surface area (Å²) in [5.74, 6) is -2.86. The molecule has 2 aromatic heterocycles. The lowest BCUT2D eigenvalue weighted by Crippen LogP contribution is -2.56. The van der Waals surface area contributed by atoms with E-state index in [9.17, 15) is 19.2 Å². The van der Waals surface area contributed by atoms with Gasteiger partial charge >= 0.3 is 0 Å². The lowest BCUT2D eigenvalue weighted by Gasteiger charge is -2.27. The Morgan fingerprint density at radius 2 is 1.77 bits per heavy atom. The van der Waals surface area contributed by atoms with Gasteiger partial charge in [0.05, 0.1) is 5.69 Å². The number of rotatable bonds is 5. The maximum Gasteiger partial charge on any atom is 0.300 e. The minimum atomic E-state index is -0.943. The highest BCUT2D eigenvalue weighted by Crippen LogP contribution is 2.20. The van der Waals surface area contributed by atoms with Crippen molar-refractivity contribution in [2.45, 2.75) is 71.5 Å². The smallest absolute Gasteiger partial charge is 0.300 e. The Morgan fingerprint density at radius 3 is 2.41 bits per heavy atom. The van der Waals surface area contributed by atoms with Gasteiger partial charge in [-0.25, -0.2) is 9.97 Å². The zero-order chi connectivity index (χ0) is 32.2. The van der Waals surface area contributed by atoms with Crippen molar-refractivity contribution < 1.29 is 37.9 Å². The first-order chi connectivity index (χ1) is 21.0. The molecule has 1 aromatic carbocycles. The summed E-state index contributed by atoms with van der Waals surface area (Å²) in [4.78, 5) is 69.8. The molecule has 5 N–H and O–H groups in total. The van der Waals surface area contributed by atoms with Crippen LogP contribution in [0.3, 0.4) is 0 Å². The van der Waals surface area contributed by atoms with Gasteiger partial charge in [0.2, 0.25) is 23.5 Å². The summed E-state index contributed by atoms with van der Waals surface area (Å²) in [6.07, 6.45) is 4.11. The van der Waals surface area contributed by atoms with E-state index >= 15 is 0 Å². The molecule has 1 aliphatic rings. The molecule has 0 saturated carbocycles. The second-order valence-corrected chi connectivity index (χ2v) is 10.6. The number of benzene rings is 1. The molecular formula is C30H38N6O8. The predicted octanol–water partition coefficient (Wildman–Crippen LogP) is 2.32. The number of carbonyl (C=O) groups is 5. The van der Waals surface area contributed by atoms with Crippen LogP contribution in [0.5, 0.6) is 0 Å². The quantitative estimate of drug-likeness (QED) is 0.285. The van der Waals surface area contributed by atoms with Gasteiger partial charge in [-0.15, -0.1) is 0 Å². The Kier molecular flexibility index (Phi) is 12.2. The number of fused-ring (bicyclic) bond motifs is 2. The van der Waals surface area contributed by atoms with Gasteiger partial charge < -0.3 is 35.2 Å². The Bertz CT molecular complexity index is 1430. The van der Waals surface area contributed by atoms with Gasteiger partial charge in [-0.1, -0.05) is 44.2 Å². The van der Waals surface area contributed by atoms with E-state index in [1.54, 1.807) is 6.92 Å². The number of carboxylic acid groups (broad SMARTS) is 1. The predicted molar refractivity (Wildman–Crippen MR) is 156 cm³/mol. The minimum absolute atomic E-state index is 0.0126. The third kappa shape index (κ3) is 9.78. The van der Waals surface area contributed by atoms with Crippen LogP contribution in [-0.4, -0.2) is 63.3 Å². The molecule has 3 atom stereocenters. The number of aliphatic carboxylic acids is 1. The summed E-state index contributed by atoms with van der Waals surface area (Å²) < 4.78 is 10.8. The number of hydrogen-bond acceptors (Lipinski definition) is 9. The Balaban J connectivity index is 0.00000124. The largest absolute Gasteiger partial charge is 0.481 e. The summed E-state index contributed by atoms with van der Waals surface area (Å²) in [6.45, 7) is 6.67. The lowest BCUT2D eigenvalue weighted by molar-refractivity contribution is -0.134. The van der Waals surface area contributed by atoms with Crippen LogP contribution < -0.4 is 21.3 Å². The number of carboxylic acids is 1. The van der Waals surface area contributed by atoms with Crippen LogP contribution in [0, 0.1) is 12.8 Å². The van der Waals surface area contributed by atoms with E-state index in [0.29, 0.717) is 31.5 Å². The van der Waals surface area contributed by atoms with E-state index in [4.69, 9.17) is 18.7 Å². The molecule has 3 heterocycles. The molecule has 0 aliphatic carbocycles. The number of nitrogens with zero attached hydrogens (tertiary/aromatic N) is 2. The van der Waals surface area contributed by atoms with Crippen LogP contribution in [0.15, 0.2) is 51.8 Å². The molecule has 14 heteroatoms. The highest BCUT2D eigenvalue weighted by atomic mass is 16.4. The summed E-state index contributed by atoms with van der Waals surface area (Å²) in [7, 11) is 0. The van der Waals surface area contributed by atoms with Gasteiger partial charge in [0.25, 0.3) is 17.8 Å². The molecular weight excluding hydrogens is 572 g/mol. The van der Waals surface area contributed by atoms with Crippen molar-refractivity contribution in [3.63, 3.8) is 0 Å². The van der Waals surface area contributed by atoms with Crippen molar-refractivity contribution in [1.82, 2.24) is 31.2 Å². The first-order valence-corrected chi connectivity index (χ1v) is 14.2. The first kappa shape index (κ1) is 33.5. The highest BCUT2D eigenvalue weighted by molar-refractivity contribution is 5.97. The number of nitrogens with one attached hydrogen (secondary N) is 4. The molecule has 1 aliphatic heterocycles. The molecule has 4 amide bonds. The molecule has 0 radical (unpaired) electrons. The van der Waals surface area contributed by atoms with Gasteiger partial charge in [-0.3, -0.25) is 24.0 Å². The number of carbonyl (C=O) groups excluding carboxylic acids is 4. The van der Waals surface area contributed by atoms with Crippen molar-refractivity contribution >= 4 is 29.6 Å². The summed E-state index contributed by atoms with van der Waals surface area (Å²) in [5, 5.41) is 18.7. The van der Waals surface area contributed by atoms with Crippen molar-refractivity contribution in [1.29, 1.82) is 0 Å². The molecule has 14 nitrogen and oxygen atoms in total. The number of oxazole rings is 2. The number of aromatic nitrogens is 2. The molecule has 44 heavy (non-hydrogen) atoms. The Morgan fingerprint density at radius 1 is 1.07 bits per heavy atom. The van der Waals surface area contributed by atoms with Crippen LogP contribution in [0.1, 0.15) is 84.3 Å². The van der Waals surface area contributed by atoms with Gasteiger partial charge in [-0.05, 0) is 37.7 Å². The molecule has 0 fully saturated rings. The Labute approximate surface area is 254 Å². The topological polar surface area (TPSA) is 206 Å². The molecule has 2 bridgehead atoms. The fraction of sp³-hybridized carbons (Fsp3) is 0.433. The molecule has 236 valence electrons. The highest BCUT2D eigenvalue weighted by Gasteiger charge is 2.32. The third-order valence-corrected chi connectivity index (χ3v) is 6.68. The SMILES string of the molecule is CC(=O)O.Cc1ncoc1C(=O)N[C@H]1CCCCNC(=O)c2coc(n2)[C@@H](Cc2ccccc2)NC(=O)[C@H](C(C)C)NC1=O. The van der Waals surface area contributed by atoms with Crippen LogP contribution in [0.4, 0.5) is 0 Å². The summed E-state index contributed by atoms with van der Waals surface area (Å²) in [6, 6.07) is 6.91. The van der Waals surface area contributed by atoms with Crippen molar-refractivity contribution in [2.24, 2.45) is 5.92 Å². The average molecular weight is 611 g/mol. The summed E-state index contributed by atoms with van der Waals surface area (Å²) >= 11 is 0. The molecule has 0 spiro atoms. The van der Waals surface area contributed by atoms with Crippen molar-refractivity contribution in [3.8, 4) is 0 Å². The van der Waals surface area contributed by atoms with Gasteiger partial charge in [0, 0.05) is 19.9 Å². The standard InChI is InChI=1S/C28H34N6O6.C2H4O2/c1-16(2)22-26(37)32-20(13-18-9-5-4-6-10-18)28-33-21(14-39-28)24(35)29-12-8-7-11-19(25(36)34-22)31-27(38)23-17(3)30-15-40-23;1-2(3)4/h4-6,9-10,14-16,19-20,22H,7-8,11-13H2,1-3H3,(H,29,35)(H,31,38)(H,32,37)(H,34,36);1H3,(H,3,4)/t19-,20+,22-;/m0./s1. The lowest BCUT2D eigenvalue weighted by atomic mass is 10.00. The number of amides is 4. The maximum absolute atomic E-state index is 13.6. The van der Waals surface area contributed by atoms with Crippen LogP contribution in [0.2, 0.25) is 0 Å². The fourth-order valence-electron chi connectivity index (χ4n) is 4.43. The van der Waals surface area contributed by atoms with E-state index in [-0.39, 0.29) is 29.7 Å². The van der Waals surface area contributed by atoms with E-state index < -0.39 is 47.7 Å². The monoisotopic (exact) mass is 610 g/mol. The van der Waals surface area contributed by atoms with Crippen molar-refractivity contribution in [2.75, 3.05) is 6.54 Å². The third-order valence-electron chi connectivity index (χ3n) is 6.68. The summed E-state index contributed by atoms with van der Waals surface area (Å²) in [5.41, 5.74) is 1.42. The van der Waals surface area contributed by atoms with E-state index in [1.165, 1.54) is 6.26 Å². The fourth-order valence-corrected chi connectivity index (χ4v) is 4.43. The van der Waals surface area contributed by atoms with Gasteiger partial charge in [0.1, 0.15) is 24.4 Å². The second kappa shape index (κ2) is 16.0. The molecule has 3 aromatic rings. The zero-order valence-corrected chi connectivity index (χ0v) is 25.1. The van der Waals surface area contributed by atoms with E-state index in [2.05, 4.69) is 31.2 Å². The first-order valence-electron chi connectivity index (χ1n) is 14.2. The molecule has 4 rings (SSSR count). The van der Waals surface area contributed by atoms with Crippen LogP contribution in [0.25, 0.3) is 0 Å². The van der Waals surface area contributed by atoms with Gasteiger partial charge in [-0.2, -0.15) is 0 Å².